The van der Waals surface area contributed by atoms with E-state index in [0.717, 1.165) is 0 Å². The van der Waals surface area contributed by atoms with Crippen molar-refractivity contribution in [2.45, 2.75) is 39.8 Å². The van der Waals surface area contributed by atoms with Gasteiger partial charge in [-0.1, -0.05) is 12.1 Å². The fourth-order valence-electron chi connectivity index (χ4n) is 1.63. The van der Waals surface area contributed by atoms with E-state index in [0.29, 0.717) is 11.3 Å². The summed E-state index contributed by atoms with van der Waals surface area (Å²) in [4.78, 5) is 23.1. The van der Waals surface area contributed by atoms with Gasteiger partial charge in [0, 0.05) is 6.04 Å². The normalized spacial score (nSPS) is 13.7. The van der Waals surface area contributed by atoms with Crippen LogP contribution < -0.4 is 10.1 Å². The number of nitrogens with one attached hydrogen (secondary N) is 1. The molecule has 0 saturated heterocycles. The van der Waals surface area contributed by atoms with Gasteiger partial charge in [-0.15, -0.1) is 0 Å². The Kier molecular flexibility index (Phi) is 5.55. The summed E-state index contributed by atoms with van der Waals surface area (Å²) in [5.74, 6) is -1.43. The molecule has 20 heavy (non-hydrogen) atoms. The molecule has 1 rings (SSSR count). The number of amides is 1. The highest BCUT2D eigenvalue weighted by atomic mass is 16.5. The lowest BCUT2D eigenvalue weighted by Crippen LogP contribution is -2.40. The Labute approximate surface area is 118 Å². The second kappa shape index (κ2) is 6.93. The van der Waals surface area contributed by atoms with Gasteiger partial charge < -0.3 is 15.2 Å². The van der Waals surface area contributed by atoms with E-state index in [1.165, 1.54) is 0 Å². The zero-order valence-electron chi connectivity index (χ0n) is 12.2. The maximum absolute atomic E-state index is 12.2. The minimum atomic E-state index is -0.940. The van der Waals surface area contributed by atoms with Gasteiger partial charge in [0.25, 0.3) is 5.91 Å². The van der Waals surface area contributed by atoms with Gasteiger partial charge in [0.15, 0.2) is 0 Å². The summed E-state index contributed by atoms with van der Waals surface area (Å²) in [6.45, 7) is 6.99. The van der Waals surface area contributed by atoms with Crippen molar-refractivity contribution in [2.24, 2.45) is 5.92 Å². The lowest BCUT2D eigenvalue weighted by atomic mass is 10.0. The van der Waals surface area contributed by atoms with Crippen molar-refractivity contribution in [1.82, 2.24) is 5.32 Å². The first kappa shape index (κ1) is 16.0. The molecule has 0 aliphatic carbocycles. The molecule has 0 heterocycles. The van der Waals surface area contributed by atoms with Gasteiger partial charge in [-0.2, -0.15) is 0 Å². The molecule has 0 aliphatic heterocycles. The van der Waals surface area contributed by atoms with Gasteiger partial charge in [0.1, 0.15) is 5.75 Å². The van der Waals surface area contributed by atoms with Crippen molar-refractivity contribution < 1.29 is 19.4 Å². The molecule has 0 fully saturated rings. The molecular weight excluding hydrogens is 258 g/mol. The second-order valence-corrected chi connectivity index (χ2v) is 5.05. The minimum absolute atomic E-state index is 0.0423. The van der Waals surface area contributed by atoms with Crippen molar-refractivity contribution in [2.75, 3.05) is 0 Å². The highest BCUT2D eigenvalue weighted by molar-refractivity contribution is 5.97. The number of hydrogen-bond donors (Lipinski definition) is 2. The van der Waals surface area contributed by atoms with Crippen LogP contribution in [0.5, 0.6) is 5.75 Å². The third kappa shape index (κ3) is 4.26. The Balaban J connectivity index is 2.85. The molecule has 1 aromatic carbocycles. The molecular formula is C15H21NO4. The third-order valence-corrected chi connectivity index (χ3v) is 2.99. The Morgan fingerprint density at radius 3 is 2.30 bits per heavy atom. The summed E-state index contributed by atoms with van der Waals surface area (Å²) >= 11 is 0. The summed E-state index contributed by atoms with van der Waals surface area (Å²) in [6, 6.07) is 6.45. The van der Waals surface area contributed by atoms with E-state index in [1.54, 1.807) is 38.1 Å². The van der Waals surface area contributed by atoms with Crippen LogP contribution in [0.2, 0.25) is 0 Å². The average molecular weight is 279 g/mol. The van der Waals surface area contributed by atoms with Crippen LogP contribution in [0.25, 0.3) is 0 Å². The average Bonchev–Trinajstić information content (AvgIpc) is 2.37. The maximum Gasteiger partial charge on any atom is 0.308 e. The molecule has 2 unspecified atom stereocenters. The van der Waals surface area contributed by atoms with Crippen LogP contribution in [0.3, 0.4) is 0 Å². The monoisotopic (exact) mass is 279 g/mol. The molecule has 0 aliphatic rings. The zero-order valence-corrected chi connectivity index (χ0v) is 12.2. The van der Waals surface area contributed by atoms with Gasteiger partial charge in [0.05, 0.1) is 17.6 Å². The van der Waals surface area contributed by atoms with Crippen LogP contribution in [0, 0.1) is 5.92 Å². The van der Waals surface area contributed by atoms with E-state index in [9.17, 15) is 9.59 Å². The number of ether oxygens (including phenoxy) is 1. The highest BCUT2D eigenvalue weighted by Gasteiger charge is 2.22. The van der Waals surface area contributed by atoms with Gasteiger partial charge in [-0.05, 0) is 39.8 Å². The Morgan fingerprint density at radius 2 is 1.75 bits per heavy atom. The number of carboxylic acids is 1. The number of rotatable bonds is 6. The summed E-state index contributed by atoms with van der Waals surface area (Å²) in [5, 5.41) is 11.6. The van der Waals surface area contributed by atoms with Gasteiger partial charge in [-0.3, -0.25) is 9.59 Å². The summed E-state index contributed by atoms with van der Waals surface area (Å²) in [6.07, 6.45) is -0.0423. The maximum atomic E-state index is 12.2. The minimum Gasteiger partial charge on any atom is -0.490 e. The lowest BCUT2D eigenvalue weighted by Gasteiger charge is -2.19. The predicted molar refractivity (Wildman–Crippen MR) is 75.9 cm³/mol. The smallest absolute Gasteiger partial charge is 0.308 e. The molecule has 2 N–H and O–H groups in total. The molecule has 5 heteroatoms. The van der Waals surface area contributed by atoms with E-state index >= 15 is 0 Å². The van der Waals surface area contributed by atoms with Crippen molar-refractivity contribution in [3.05, 3.63) is 29.8 Å². The van der Waals surface area contributed by atoms with Gasteiger partial charge in [0.2, 0.25) is 0 Å². The molecule has 0 bridgehead atoms. The number of hydrogen-bond acceptors (Lipinski definition) is 3. The van der Waals surface area contributed by atoms with E-state index in [4.69, 9.17) is 9.84 Å². The Bertz CT molecular complexity index is 485. The third-order valence-electron chi connectivity index (χ3n) is 2.99. The van der Waals surface area contributed by atoms with Crippen molar-refractivity contribution in [1.29, 1.82) is 0 Å². The van der Waals surface area contributed by atoms with Crippen LogP contribution in [-0.4, -0.2) is 29.1 Å². The summed E-state index contributed by atoms with van der Waals surface area (Å²) < 4.78 is 5.58. The molecule has 0 saturated carbocycles. The lowest BCUT2D eigenvalue weighted by molar-refractivity contribution is -0.141. The van der Waals surface area contributed by atoms with Crippen LogP contribution in [0.15, 0.2) is 24.3 Å². The van der Waals surface area contributed by atoms with Gasteiger partial charge in [-0.25, -0.2) is 0 Å². The zero-order chi connectivity index (χ0) is 15.3. The standard InChI is InChI=1S/C15H21NO4/c1-9(2)20-13-8-6-5-7-12(13)14(17)16-11(4)10(3)15(18)19/h5-11H,1-4H3,(H,16,17)(H,18,19). The van der Waals surface area contributed by atoms with E-state index < -0.39 is 17.9 Å². The summed E-state index contributed by atoms with van der Waals surface area (Å²) in [5.41, 5.74) is 0.408. The van der Waals surface area contributed by atoms with Crippen molar-refractivity contribution in [3.63, 3.8) is 0 Å². The molecule has 2 atom stereocenters. The van der Waals surface area contributed by atoms with Gasteiger partial charge >= 0.3 is 5.97 Å². The van der Waals surface area contributed by atoms with Crippen molar-refractivity contribution >= 4 is 11.9 Å². The number of carbonyl (C=O) groups excluding carboxylic acids is 1. The van der Waals surface area contributed by atoms with E-state index in [-0.39, 0.29) is 12.0 Å². The number of para-hydroxylation sites is 1. The van der Waals surface area contributed by atoms with Crippen molar-refractivity contribution in [3.8, 4) is 5.75 Å². The molecule has 1 amide bonds. The van der Waals surface area contributed by atoms with Crippen LogP contribution >= 0.6 is 0 Å². The fourth-order valence-corrected chi connectivity index (χ4v) is 1.63. The van der Waals surface area contributed by atoms with E-state index in [2.05, 4.69) is 5.32 Å². The number of carbonyl (C=O) groups is 2. The first-order chi connectivity index (χ1) is 9.32. The van der Waals surface area contributed by atoms with Crippen LogP contribution in [-0.2, 0) is 4.79 Å². The largest absolute Gasteiger partial charge is 0.490 e. The number of benzene rings is 1. The number of carboxylic acid groups (broad SMARTS) is 1. The molecule has 110 valence electrons. The molecule has 0 aromatic heterocycles. The van der Waals surface area contributed by atoms with Crippen LogP contribution in [0.1, 0.15) is 38.1 Å². The molecule has 5 nitrogen and oxygen atoms in total. The quantitative estimate of drug-likeness (QED) is 0.838. The number of aliphatic carboxylic acids is 1. The molecule has 0 radical (unpaired) electrons. The molecule has 1 aromatic rings. The van der Waals surface area contributed by atoms with Crippen LogP contribution in [0.4, 0.5) is 0 Å². The fraction of sp³-hybridized carbons (Fsp3) is 0.467. The second-order valence-electron chi connectivity index (χ2n) is 5.05. The first-order valence-corrected chi connectivity index (χ1v) is 6.62. The molecule has 0 spiro atoms. The topological polar surface area (TPSA) is 75.6 Å². The Morgan fingerprint density at radius 1 is 1.15 bits per heavy atom. The highest BCUT2D eigenvalue weighted by Crippen LogP contribution is 2.19. The summed E-state index contributed by atoms with van der Waals surface area (Å²) in [7, 11) is 0. The first-order valence-electron chi connectivity index (χ1n) is 6.62. The van der Waals surface area contributed by atoms with E-state index in [1.807, 2.05) is 13.8 Å². The Hall–Kier alpha value is -2.04. The predicted octanol–water partition coefficient (Wildman–Crippen LogP) is 2.31. The SMILES string of the molecule is CC(C)Oc1ccccc1C(=O)NC(C)C(C)C(=O)O.